The van der Waals surface area contributed by atoms with Gasteiger partial charge in [0.1, 0.15) is 11.9 Å². The third-order valence-electron chi connectivity index (χ3n) is 7.08. The van der Waals surface area contributed by atoms with Crippen LogP contribution in [0.1, 0.15) is 41.5 Å². The van der Waals surface area contributed by atoms with Gasteiger partial charge in [0.15, 0.2) is 6.04 Å². The molecule has 1 fully saturated rings. The minimum atomic E-state index is -0.490. The predicted octanol–water partition coefficient (Wildman–Crippen LogP) is 4.54. The Morgan fingerprint density at radius 2 is 1.57 bits per heavy atom. The van der Waals surface area contributed by atoms with Gasteiger partial charge in [0.25, 0.3) is 5.91 Å². The average molecular weight is 469 g/mol. The van der Waals surface area contributed by atoms with Gasteiger partial charge in [-0.15, -0.1) is 0 Å². The largest absolute Gasteiger partial charge is 0.364 e. The highest BCUT2D eigenvalue weighted by Gasteiger charge is 2.56. The van der Waals surface area contributed by atoms with Crippen molar-refractivity contribution in [3.05, 3.63) is 120 Å². The van der Waals surface area contributed by atoms with Crippen LogP contribution in [0.2, 0.25) is 0 Å². The molecule has 1 amide bonds. The number of primary amides is 1. The summed E-state index contributed by atoms with van der Waals surface area (Å²) in [5.74, 6) is -0.161. The summed E-state index contributed by atoms with van der Waals surface area (Å²) in [6.07, 6.45) is 10.4. The van der Waals surface area contributed by atoms with E-state index in [-0.39, 0.29) is 28.2 Å². The van der Waals surface area contributed by atoms with E-state index in [4.69, 9.17) is 10.7 Å². The molecule has 0 radical (unpaired) electrons. The van der Waals surface area contributed by atoms with Crippen molar-refractivity contribution in [1.82, 2.24) is 19.4 Å². The molecule has 1 saturated heterocycles. The Labute approximate surface area is 203 Å². The number of quaternary nitrogens is 1. The van der Waals surface area contributed by atoms with Crippen molar-refractivity contribution in [2.75, 3.05) is 6.54 Å². The maximum absolute atomic E-state index is 14.1. The lowest BCUT2D eigenvalue weighted by Crippen LogP contribution is -2.61. The van der Waals surface area contributed by atoms with Crippen LogP contribution >= 0.6 is 0 Å². The van der Waals surface area contributed by atoms with Gasteiger partial charge in [0.05, 0.1) is 12.5 Å². The van der Waals surface area contributed by atoms with Gasteiger partial charge in [-0.25, -0.2) is 9.37 Å². The lowest BCUT2D eigenvalue weighted by molar-refractivity contribution is -0.122. The molecule has 6 nitrogen and oxygen atoms in total. The Balaban J connectivity index is 1.84. The average Bonchev–Trinajstić information content (AvgIpc) is 3.36. The van der Waals surface area contributed by atoms with Crippen LogP contribution in [0.25, 0.3) is 0 Å². The number of rotatable bonds is 7. The van der Waals surface area contributed by atoms with Crippen molar-refractivity contribution >= 4 is 11.7 Å². The number of aromatic nitrogens is 3. The molecule has 35 heavy (non-hydrogen) atoms. The second kappa shape index (κ2) is 9.72. The quantitative estimate of drug-likeness (QED) is 0.404. The zero-order valence-corrected chi connectivity index (χ0v) is 19.2. The molecule has 0 saturated carbocycles. The number of benzene rings is 1. The van der Waals surface area contributed by atoms with Crippen LogP contribution in [-0.4, -0.2) is 33.4 Å². The van der Waals surface area contributed by atoms with E-state index in [1.165, 1.54) is 12.1 Å². The SMILES string of the molecule is NC(=O)[C@@H]1CCC[N+]1(c1ccccn1)C(c1ccc(F)cc1)C(c1cccnc1)c1cccnc1. The first-order valence-corrected chi connectivity index (χ1v) is 11.7. The van der Waals surface area contributed by atoms with Gasteiger partial charge in [0, 0.05) is 55.5 Å². The molecule has 3 atom stereocenters. The van der Waals surface area contributed by atoms with Crippen molar-refractivity contribution in [2.24, 2.45) is 5.73 Å². The van der Waals surface area contributed by atoms with Crippen molar-refractivity contribution in [1.29, 1.82) is 0 Å². The molecule has 5 rings (SSSR count). The molecule has 0 spiro atoms. The minimum Gasteiger partial charge on any atom is -0.364 e. The molecule has 1 aromatic carbocycles. The summed E-state index contributed by atoms with van der Waals surface area (Å²) in [5, 5.41) is 0. The van der Waals surface area contributed by atoms with Crippen LogP contribution in [-0.2, 0) is 4.79 Å². The summed E-state index contributed by atoms with van der Waals surface area (Å²) < 4.78 is 14.3. The number of amides is 1. The number of pyridine rings is 3. The Morgan fingerprint density at radius 3 is 2.11 bits per heavy atom. The van der Waals surface area contributed by atoms with E-state index in [9.17, 15) is 9.18 Å². The molecular formula is C28H27FN5O+. The van der Waals surface area contributed by atoms with Crippen molar-refractivity contribution in [2.45, 2.75) is 30.8 Å². The first-order chi connectivity index (χ1) is 17.1. The van der Waals surface area contributed by atoms with Gasteiger partial charge in [0.2, 0.25) is 5.82 Å². The Morgan fingerprint density at radius 1 is 0.886 bits per heavy atom. The molecule has 1 aliphatic rings. The Hall–Kier alpha value is -3.97. The normalized spacial score (nSPS) is 20.6. The maximum atomic E-state index is 14.1. The topological polar surface area (TPSA) is 81.8 Å². The van der Waals surface area contributed by atoms with E-state index in [1.807, 2.05) is 54.9 Å². The molecule has 2 unspecified atom stereocenters. The van der Waals surface area contributed by atoms with Crippen LogP contribution in [0.5, 0.6) is 0 Å². The lowest BCUT2D eigenvalue weighted by atomic mass is 9.80. The summed E-state index contributed by atoms with van der Waals surface area (Å²) in [5.41, 5.74) is 8.89. The second-order valence-electron chi connectivity index (χ2n) is 8.95. The smallest absolute Gasteiger partial charge is 0.276 e. The monoisotopic (exact) mass is 468 g/mol. The van der Waals surface area contributed by atoms with E-state index in [1.54, 1.807) is 30.7 Å². The van der Waals surface area contributed by atoms with E-state index in [0.29, 0.717) is 13.0 Å². The number of likely N-dealkylation sites (tertiary alicyclic amines) is 1. The number of nitrogens with two attached hydrogens (primary N) is 1. The number of halogens is 1. The number of carbonyl (C=O) groups excluding carboxylic acids is 1. The van der Waals surface area contributed by atoms with Crippen LogP contribution < -0.4 is 10.2 Å². The Kier molecular flexibility index (Phi) is 6.33. The first-order valence-electron chi connectivity index (χ1n) is 11.7. The molecule has 2 N–H and O–H groups in total. The third-order valence-corrected chi connectivity index (χ3v) is 7.08. The van der Waals surface area contributed by atoms with Gasteiger partial charge in [-0.2, -0.15) is 0 Å². The molecule has 3 aromatic heterocycles. The van der Waals surface area contributed by atoms with Gasteiger partial charge in [-0.05, 0) is 41.5 Å². The molecule has 4 heterocycles. The van der Waals surface area contributed by atoms with Gasteiger partial charge < -0.3 is 5.73 Å². The zero-order valence-electron chi connectivity index (χ0n) is 19.2. The first kappa shape index (κ1) is 22.8. The van der Waals surface area contributed by atoms with E-state index in [0.717, 1.165) is 28.9 Å². The molecule has 0 bridgehead atoms. The number of nitrogens with zero attached hydrogens (tertiary/aromatic N) is 4. The Bertz CT molecular complexity index is 1230. The van der Waals surface area contributed by atoms with Crippen LogP contribution in [0.3, 0.4) is 0 Å². The molecule has 1 aliphatic heterocycles. The number of hydrogen-bond donors (Lipinski definition) is 1. The maximum Gasteiger partial charge on any atom is 0.276 e. The molecular weight excluding hydrogens is 441 g/mol. The lowest BCUT2D eigenvalue weighted by Gasteiger charge is -2.47. The molecule has 7 heteroatoms. The number of carbonyl (C=O) groups is 1. The van der Waals surface area contributed by atoms with Crippen molar-refractivity contribution in [3.63, 3.8) is 0 Å². The van der Waals surface area contributed by atoms with Crippen LogP contribution in [0.15, 0.2) is 97.7 Å². The van der Waals surface area contributed by atoms with Crippen molar-refractivity contribution in [3.8, 4) is 0 Å². The van der Waals surface area contributed by atoms with Gasteiger partial charge >= 0.3 is 0 Å². The predicted molar refractivity (Wildman–Crippen MR) is 133 cm³/mol. The minimum absolute atomic E-state index is 0.246. The van der Waals surface area contributed by atoms with Gasteiger partial charge in [-0.3, -0.25) is 19.2 Å². The zero-order chi connectivity index (χ0) is 24.3. The standard InChI is InChI=1S/C28H26FN5O/c29-23-12-10-20(11-13-23)27(26(21-6-3-14-31-18-21)22-7-4-15-32-19-22)34(25-9-1-2-16-33-25)17-5-8-24(34)28(30)35/h1-4,6-7,9-16,18-19,24,26-27H,5,8,17H2,(H-,30,35)/p+1/t24-,27?,34?/m0/s1. The van der Waals surface area contributed by atoms with E-state index in [2.05, 4.69) is 9.97 Å². The molecule has 176 valence electrons. The van der Waals surface area contributed by atoms with Crippen molar-refractivity contribution < 1.29 is 9.18 Å². The third kappa shape index (κ3) is 4.19. The summed E-state index contributed by atoms with van der Waals surface area (Å²) in [6, 6.07) is 19.4. The second-order valence-corrected chi connectivity index (χ2v) is 8.95. The van der Waals surface area contributed by atoms with Crippen LogP contribution in [0, 0.1) is 5.82 Å². The summed E-state index contributed by atoms with van der Waals surface area (Å²) >= 11 is 0. The molecule has 4 aromatic rings. The van der Waals surface area contributed by atoms with E-state index >= 15 is 0 Å². The fourth-order valence-electron chi connectivity index (χ4n) is 5.71. The highest BCUT2D eigenvalue weighted by molar-refractivity contribution is 5.83. The van der Waals surface area contributed by atoms with Crippen LogP contribution in [0.4, 0.5) is 10.2 Å². The fraction of sp³-hybridized carbons (Fsp3) is 0.214. The summed E-state index contributed by atoms with van der Waals surface area (Å²) in [4.78, 5) is 26.5. The molecule has 0 aliphatic carbocycles. The highest BCUT2D eigenvalue weighted by Crippen LogP contribution is 2.50. The van der Waals surface area contributed by atoms with E-state index < -0.39 is 6.04 Å². The highest BCUT2D eigenvalue weighted by atomic mass is 19.1. The summed E-state index contributed by atoms with van der Waals surface area (Å²) in [7, 11) is 0. The fourth-order valence-corrected chi connectivity index (χ4v) is 5.71. The summed E-state index contributed by atoms with van der Waals surface area (Å²) in [6.45, 7) is 0.670. The van der Waals surface area contributed by atoms with Gasteiger partial charge in [-0.1, -0.05) is 30.3 Å². The number of hydrogen-bond acceptors (Lipinski definition) is 4.